The van der Waals surface area contributed by atoms with Crippen LogP contribution >= 0.6 is 11.3 Å². The van der Waals surface area contributed by atoms with Gasteiger partial charge in [-0.1, -0.05) is 6.92 Å². The number of hydrogen-bond acceptors (Lipinski definition) is 5. The molecule has 138 valence electrons. The number of thiophene rings is 1. The van der Waals surface area contributed by atoms with Crippen molar-refractivity contribution in [2.45, 2.75) is 50.7 Å². The lowest BCUT2D eigenvalue weighted by molar-refractivity contribution is -0.0406. The first-order chi connectivity index (χ1) is 12.1. The highest BCUT2D eigenvalue weighted by atomic mass is 32.1. The Hall–Kier alpha value is -1.37. The minimum Gasteiger partial charge on any atom is -0.388 e. The Morgan fingerprint density at radius 1 is 1.40 bits per heavy atom. The normalized spacial score (nSPS) is 29.7. The van der Waals surface area contributed by atoms with Gasteiger partial charge in [0, 0.05) is 31.2 Å². The molecule has 3 rings (SSSR count). The number of methoxy groups -OCH3 is 1. The van der Waals surface area contributed by atoms with Crippen molar-refractivity contribution < 1.29 is 14.3 Å². The highest BCUT2D eigenvalue weighted by Gasteiger charge is 2.45. The van der Waals surface area contributed by atoms with Crippen LogP contribution in [0.1, 0.15) is 53.6 Å². The van der Waals surface area contributed by atoms with Crippen LogP contribution in [0.5, 0.6) is 0 Å². The third-order valence-corrected chi connectivity index (χ3v) is 6.72. The van der Waals surface area contributed by atoms with E-state index in [4.69, 9.17) is 15.2 Å². The van der Waals surface area contributed by atoms with Crippen LogP contribution in [0.3, 0.4) is 0 Å². The fourth-order valence-electron chi connectivity index (χ4n) is 4.07. The van der Waals surface area contributed by atoms with Gasteiger partial charge in [-0.25, -0.2) is 0 Å². The minimum absolute atomic E-state index is 0.341. The first-order valence-corrected chi connectivity index (χ1v) is 9.88. The molecule has 1 amide bonds. The van der Waals surface area contributed by atoms with Gasteiger partial charge in [-0.05, 0) is 61.9 Å². The number of rotatable bonds is 5. The summed E-state index contributed by atoms with van der Waals surface area (Å²) in [4.78, 5) is 13.2. The van der Waals surface area contributed by atoms with Crippen molar-refractivity contribution in [2.24, 2.45) is 11.7 Å². The molecule has 2 heterocycles. The number of nitrogens with one attached hydrogen (secondary N) is 1. The summed E-state index contributed by atoms with van der Waals surface area (Å²) in [5.74, 6) is -0.0369. The Bertz CT molecular complexity index is 636. The summed E-state index contributed by atoms with van der Waals surface area (Å²) in [6.07, 6.45) is 7.49. The van der Waals surface area contributed by atoms with Crippen LogP contribution in [0.25, 0.3) is 0 Å². The van der Waals surface area contributed by atoms with Gasteiger partial charge in [0.2, 0.25) is 0 Å². The van der Waals surface area contributed by atoms with Gasteiger partial charge in [-0.2, -0.15) is 0 Å². The molecule has 1 saturated carbocycles. The monoisotopic (exact) mass is 364 g/mol. The van der Waals surface area contributed by atoms with Crippen molar-refractivity contribution >= 4 is 17.2 Å². The lowest BCUT2D eigenvalue weighted by atomic mass is 9.72. The molecule has 6 heteroatoms. The van der Waals surface area contributed by atoms with Crippen LogP contribution in [0.15, 0.2) is 23.9 Å². The molecule has 1 aromatic heterocycles. The van der Waals surface area contributed by atoms with Gasteiger partial charge in [-0.15, -0.1) is 11.3 Å². The topological polar surface area (TPSA) is 73.6 Å². The number of ether oxygens (including phenoxy) is 2. The number of carbonyl (C=O) groups is 1. The fraction of sp³-hybridized carbons (Fsp3) is 0.632. The number of carbonyl (C=O) groups excluding carboxylic acids is 1. The molecule has 5 nitrogen and oxygen atoms in total. The molecule has 0 spiro atoms. The highest BCUT2D eigenvalue weighted by molar-refractivity contribution is 7.14. The molecule has 25 heavy (non-hydrogen) atoms. The van der Waals surface area contributed by atoms with E-state index in [1.807, 2.05) is 12.1 Å². The van der Waals surface area contributed by atoms with Crippen molar-refractivity contribution in [2.75, 3.05) is 20.3 Å². The van der Waals surface area contributed by atoms with E-state index in [-0.39, 0.29) is 5.91 Å². The summed E-state index contributed by atoms with van der Waals surface area (Å²) in [6, 6.07) is 4.27. The van der Waals surface area contributed by atoms with Crippen LogP contribution in [0.2, 0.25) is 0 Å². The van der Waals surface area contributed by atoms with Gasteiger partial charge < -0.3 is 20.5 Å². The fourth-order valence-corrected chi connectivity index (χ4v) is 5.25. The summed E-state index contributed by atoms with van der Waals surface area (Å²) in [6.45, 7) is 3.87. The molecule has 3 N–H and O–H groups in total. The molecular weight excluding hydrogens is 336 g/mol. The van der Waals surface area contributed by atoms with Crippen molar-refractivity contribution in [1.29, 1.82) is 0 Å². The largest absolute Gasteiger partial charge is 0.388 e. The molecule has 2 aliphatic rings. The Morgan fingerprint density at radius 3 is 2.80 bits per heavy atom. The molecule has 0 bridgehead atoms. The number of primary amides is 1. The first kappa shape index (κ1) is 18.4. The quantitative estimate of drug-likeness (QED) is 0.842. The second kappa shape index (κ2) is 7.89. The first-order valence-electron chi connectivity index (χ1n) is 9.06. The Balaban J connectivity index is 1.91. The van der Waals surface area contributed by atoms with E-state index in [9.17, 15) is 4.79 Å². The standard InChI is InChI=1S/C19H28N2O3S/c1-13-4-3-5-14(12-21-15-8-10-24-11-9-15)19(13,23-2)17-7-6-16(25-17)18(20)22/h6-7,12-13,15,21H,3-5,8-11H2,1-2H3,(H2,20,22)/b14-12+. The number of hydrogen-bond donors (Lipinski definition) is 2. The molecule has 0 aromatic carbocycles. The molecule has 2 fully saturated rings. The van der Waals surface area contributed by atoms with Gasteiger partial charge in [0.1, 0.15) is 5.60 Å². The maximum Gasteiger partial charge on any atom is 0.258 e. The predicted octanol–water partition coefficient (Wildman–Crippen LogP) is 3.16. The second-order valence-corrected chi connectivity index (χ2v) is 8.07. The van der Waals surface area contributed by atoms with Gasteiger partial charge in [0.15, 0.2) is 0 Å². The van der Waals surface area contributed by atoms with Crippen LogP contribution in [0.4, 0.5) is 0 Å². The van der Waals surface area contributed by atoms with E-state index in [1.54, 1.807) is 7.11 Å². The van der Waals surface area contributed by atoms with Gasteiger partial charge in [-0.3, -0.25) is 4.79 Å². The average molecular weight is 365 g/mol. The Morgan fingerprint density at radius 2 is 2.16 bits per heavy atom. The molecule has 1 aromatic rings. The molecular formula is C19H28N2O3S. The molecule has 2 atom stereocenters. The van der Waals surface area contributed by atoms with Crippen LogP contribution in [-0.4, -0.2) is 32.3 Å². The van der Waals surface area contributed by atoms with Crippen molar-refractivity contribution in [1.82, 2.24) is 5.32 Å². The van der Waals surface area contributed by atoms with E-state index in [2.05, 4.69) is 18.4 Å². The number of amides is 1. The zero-order chi connectivity index (χ0) is 17.9. The van der Waals surface area contributed by atoms with Gasteiger partial charge >= 0.3 is 0 Å². The van der Waals surface area contributed by atoms with E-state index >= 15 is 0 Å². The Kier molecular flexibility index (Phi) is 5.81. The predicted molar refractivity (Wildman–Crippen MR) is 99.6 cm³/mol. The third-order valence-electron chi connectivity index (χ3n) is 5.51. The maximum absolute atomic E-state index is 11.5. The lowest BCUT2D eigenvalue weighted by Crippen LogP contribution is -2.41. The summed E-state index contributed by atoms with van der Waals surface area (Å²) in [5, 5.41) is 3.59. The summed E-state index contributed by atoms with van der Waals surface area (Å²) < 4.78 is 11.6. The summed E-state index contributed by atoms with van der Waals surface area (Å²) >= 11 is 1.45. The summed E-state index contributed by atoms with van der Waals surface area (Å²) in [7, 11) is 1.77. The molecule has 1 saturated heterocycles. The smallest absolute Gasteiger partial charge is 0.258 e. The molecule has 2 unspecified atom stereocenters. The van der Waals surface area contributed by atoms with Crippen LogP contribution < -0.4 is 11.1 Å². The zero-order valence-electron chi connectivity index (χ0n) is 15.0. The average Bonchev–Trinajstić information content (AvgIpc) is 3.12. The number of nitrogens with two attached hydrogens (primary N) is 1. The SMILES string of the molecule is COC1(c2ccc(C(N)=O)s2)/C(=C/NC2CCOCC2)CCCC1C. The van der Waals surface area contributed by atoms with E-state index in [1.165, 1.54) is 16.9 Å². The van der Waals surface area contributed by atoms with E-state index in [0.717, 1.165) is 50.2 Å². The van der Waals surface area contributed by atoms with Crippen molar-refractivity contribution in [3.63, 3.8) is 0 Å². The van der Waals surface area contributed by atoms with Crippen LogP contribution in [-0.2, 0) is 15.1 Å². The van der Waals surface area contributed by atoms with Crippen molar-refractivity contribution in [3.8, 4) is 0 Å². The maximum atomic E-state index is 11.5. The lowest BCUT2D eigenvalue weighted by Gasteiger charge is -2.43. The molecule has 1 aliphatic carbocycles. The van der Waals surface area contributed by atoms with Crippen LogP contribution in [0, 0.1) is 5.92 Å². The Labute approximate surface area is 153 Å². The molecule has 1 aliphatic heterocycles. The van der Waals surface area contributed by atoms with Gasteiger partial charge in [0.25, 0.3) is 5.91 Å². The summed E-state index contributed by atoms with van der Waals surface area (Å²) in [5.41, 5.74) is 6.24. The zero-order valence-corrected chi connectivity index (χ0v) is 15.9. The minimum atomic E-state index is -0.477. The van der Waals surface area contributed by atoms with Gasteiger partial charge in [0.05, 0.1) is 4.88 Å². The van der Waals surface area contributed by atoms with E-state index < -0.39 is 5.60 Å². The van der Waals surface area contributed by atoms with E-state index in [0.29, 0.717) is 16.8 Å². The third kappa shape index (κ3) is 3.61. The highest BCUT2D eigenvalue weighted by Crippen LogP contribution is 2.49. The van der Waals surface area contributed by atoms with Crippen molar-refractivity contribution in [3.05, 3.63) is 33.7 Å². The molecule has 0 radical (unpaired) electrons. The second-order valence-electron chi connectivity index (χ2n) is 6.98.